The molecular weight excluding hydrogens is 204 g/mol. The molecule has 0 aliphatic rings. The summed E-state index contributed by atoms with van der Waals surface area (Å²) in [5.74, 6) is 0. The Hall–Kier alpha value is -2.37. The Bertz CT molecular complexity index is 631. The molecule has 3 heterocycles. The fraction of sp³-hybridized carbons (Fsp3) is 0.100. The highest BCUT2D eigenvalue weighted by Crippen LogP contribution is 2.23. The van der Waals surface area contributed by atoms with Crippen LogP contribution in [0.25, 0.3) is 16.9 Å². The van der Waals surface area contributed by atoms with E-state index >= 15 is 0 Å². The van der Waals surface area contributed by atoms with Crippen molar-refractivity contribution >= 4 is 11.3 Å². The third-order valence-electron chi connectivity index (χ3n) is 2.49. The first-order chi connectivity index (χ1) is 7.75. The van der Waals surface area contributed by atoms with Crippen LogP contribution in [0, 0.1) is 0 Å². The van der Waals surface area contributed by atoms with E-state index in [1.165, 1.54) is 0 Å². The van der Waals surface area contributed by atoms with Crippen LogP contribution < -0.4 is 5.73 Å². The summed E-state index contributed by atoms with van der Waals surface area (Å²) in [5.41, 5.74) is 9.05. The van der Waals surface area contributed by atoms with Crippen molar-refractivity contribution in [3.05, 3.63) is 30.9 Å². The SMILES string of the molecule is Cn1ncc(N)c1-c1cnc2ccnn2c1. The number of hydrogen-bond donors (Lipinski definition) is 1. The average Bonchev–Trinajstić information content (AvgIpc) is 2.85. The van der Waals surface area contributed by atoms with Crippen LogP contribution in [0.5, 0.6) is 0 Å². The molecule has 3 aromatic rings. The lowest BCUT2D eigenvalue weighted by atomic mass is 10.2. The van der Waals surface area contributed by atoms with Crippen LogP contribution in [-0.4, -0.2) is 24.4 Å². The lowest BCUT2D eigenvalue weighted by Gasteiger charge is -2.03. The van der Waals surface area contributed by atoms with Gasteiger partial charge in [0.25, 0.3) is 0 Å². The zero-order chi connectivity index (χ0) is 11.1. The molecule has 0 radical (unpaired) electrons. The molecule has 0 unspecified atom stereocenters. The number of rotatable bonds is 1. The molecule has 2 N–H and O–H groups in total. The van der Waals surface area contributed by atoms with Crippen molar-refractivity contribution in [1.29, 1.82) is 0 Å². The number of nitrogen functional groups attached to an aromatic ring is 1. The lowest BCUT2D eigenvalue weighted by Crippen LogP contribution is -1.98. The van der Waals surface area contributed by atoms with Gasteiger partial charge in [-0.3, -0.25) is 4.68 Å². The summed E-state index contributed by atoms with van der Waals surface area (Å²) < 4.78 is 3.43. The Morgan fingerprint density at radius 2 is 2.12 bits per heavy atom. The fourth-order valence-corrected chi connectivity index (χ4v) is 1.74. The van der Waals surface area contributed by atoms with E-state index in [2.05, 4.69) is 15.2 Å². The second-order valence-corrected chi connectivity index (χ2v) is 3.55. The number of nitrogens with two attached hydrogens (primary N) is 1. The van der Waals surface area contributed by atoms with E-state index in [-0.39, 0.29) is 0 Å². The summed E-state index contributed by atoms with van der Waals surface area (Å²) in [4.78, 5) is 4.28. The van der Waals surface area contributed by atoms with E-state index in [0.717, 1.165) is 16.9 Å². The van der Waals surface area contributed by atoms with Crippen LogP contribution in [0.3, 0.4) is 0 Å². The quantitative estimate of drug-likeness (QED) is 0.647. The minimum Gasteiger partial charge on any atom is -0.396 e. The molecule has 0 fully saturated rings. The van der Waals surface area contributed by atoms with E-state index in [9.17, 15) is 0 Å². The topological polar surface area (TPSA) is 74.0 Å². The number of hydrogen-bond acceptors (Lipinski definition) is 4. The number of aromatic nitrogens is 5. The molecule has 0 aliphatic carbocycles. The maximum Gasteiger partial charge on any atom is 0.154 e. The first-order valence-electron chi connectivity index (χ1n) is 4.83. The molecule has 16 heavy (non-hydrogen) atoms. The van der Waals surface area contributed by atoms with Gasteiger partial charge in [0, 0.05) is 31.1 Å². The maximum absolute atomic E-state index is 5.85. The smallest absolute Gasteiger partial charge is 0.154 e. The molecule has 0 bridgehead atoms. The molecule has 0 aromatic carbocycles. The van der Waals surface area contributed by atoms with Crippen molar-refractivity contribution in [3.8, 4) is 11.3 Å². The van der Waals surface area contributed by atoms with Crippen molar-refractivity contribution < 1.29 is 0 Å². The van der Waals surface area contributed by atoms with Crippen LogP contribution in [0.1, 0.15) is 0 Å². The van der Waals surface area contributed by atoms with E-state index in [0.29, 0.717) is 5.69 Å². The second kappa shape index (κ2) is 3.06. The van der Waals surface area contributed by atoms with Gasteiger partial charge in [-0.2, -0.15) is 10.2 Å². The monoisotopic (exact) mass is 214 g/mol. The van der Waals surface area contributed by atoms with E-state index in [1.54, 1.807) is 27.8 Å². The molecule has 3 aromatic heterocycles. The maximum atomic E-state index is 5.85. The molecule has 80 valence electrons. The highest BCUT2D eigenvalue weighted by Gasteiger charge is 2.09. The van der Waals surface area contributed by atoms with Gasteiger partial charge in [-0.1, -0.05) is 0 Å². The van der Waals surface area contributed by atoms with Gasteiger partial charge < -0.3 is 5.73 Å². The van der Waals surface area contributed by atoms with Gasteiger partial charge in [0.1, 0.15) is 0 Å². The van der Waals surface area contributed by atoms with Crippen molar-refractivity contribution in [3.63, 3.8) is 0 Å². The molecule has 6 heteroatoms. The third kappa shape index (κ3) is 1.16. The minimum absolute atomic E-state index is 0.635. The average molecular weight is 214 g/mol. The van der Waals surface area contributed by atoms with Crippen LogP contribution in [0.2, 0.25) is 0 Å². The fourth-order valence-electron chi connectivity index (χ4n) is 1.74. The molecule has 0 atom stereocenters. The molecule has 0 aliphatic heterocycles. The van der Waals surface area contributed by atoms with Crippen LogP contribution in [0.15, 0.2) is 30.9 Å². The summed E-state index contributed by atoms with van der Waals surface area (Å²) in [6, 6.07) is 1.84. The van der Waals surface area contributed by atoms with Crippen molar-refractivity contribution in [2.24, 2.45) is 7.05 Å². The summed E-state index contributed by atoms with van der Waals surface area (Å²) in [6.45, 7) is 0. The Labute approximate surface area is 91.3 Å². The van der Waals surface area contributed by atoms with Crippen molar-refractivity contribution in [2.75, 3.05) is 5.73 Å². The number of fused-ring (bicyclic) bond motifs is 1. The summed E-state index contributed by atoms with van der Waals surface area (Å²) in [6.07, 6.45) is 6.99. The molecule has 0 spiro atoms. The van der Waals surface area contributed by atoms with Crippen molar-refractivity contribution in [1.82, 2.24) is 24.4 Å². The van der Waals surface area contributed by atoms with Gasteiger partial charge in [0.05, 0.1) is 23.8 Å². The number of anilines is 1. The largest absolute Gasteiger partial charge is 0.396 e. The van der Waals surface area contributed by atoms with E-state index in [4.69, 9.17) is 5.73 Å². The third-order valence-corrected chi connectivity index (χ3v) is 2.49. The van der Waals surface area contributed by atoms with Gasteiger partial charge in [-0.05, 0) is 0 Å². The predicted octanol–water partition coefficient (Wildman–Crippen LogP) is 0.712. The van der Waals surface area contributed by atoms with Gasteiger partial charge in [-0.25, -0.2) is 9.50 Å². The zero-order valence-corrected chi connectivity index (χ0v) is 8.70. The van der Waals surface area contributed by atoms with Gasteiger partial charge in [0.15, 0.2) is 5.65 Å². The summed E-state index contributed by atoms with van der Waals surface area (Å²) >= 11 is 0. The molecule has 0 saturated heterocycles. The van der Waals surface area contributed by atoms with Gasteiger partial charge >= 0.3 is 0 Å². The Morgan fingerprint density at radius 3 is 2.88 bits per heavy atom. The first-order valence-corrected chi connectivity index (χ1v) is 4.83. The zero-order valence-electron chi connectivity index (χ0n) is 8.70. The normalized spacial score (nSPS) is 11.1. The van der Waals surface area contributed by atoms with Gasteiger partial charge in [-0.15, -0.1) is 0 Å². The standard InChI is InChI=1S/C10H10N6/c1-15-10(8(11)5-14-15)7-4-12-9-2-3-13-16(9)6-7/h2-6H,11H2,1H3. The van der Waals surface area contributed by atoms with Crippen LogP contribution >= 0.6 is 0 Å². The first kappa shape index (κ1) is 8.90. The number of aryl methyl sites for hydroxylation is 1. The Morgan fingerprint density at radius 1 is 1.25 bits per heavy atom. The van der Waals surface area contributed by atoms with Crippen LogP contribution in [-0.2, 0) is 7.05 Å². The number of nitrogens with zero attached hydrogens (tertiary/aromatic N) is 5. The molecular formula is C10H10N6. The Kier molecular flexibility index (Phi) is 1.70. The highest BCUT2D eigenvalue weighted by atomic mass is 15.3. The van der Waals surface area contributed by atoms with Gasteiger partial charge in [0.2, 0.25) is 0 Å². The lowest BCUT2D eigenvalue weighted by molar-refractivity contribution is 0.774. The second-order valence-electron chi connectivity index (χ2n) is 3.55. The van der Waals surface area contributed by atoms with Crippen molar-refractivity contribution in [2.45, 2.75) is 0 Å². The minimum atomic E-state index is 0.635. The molecule has 6 nitrogen and oxygen atoms in total. The summed E-state index contributed by atoms with van der Waals surface area (Å²) in [7, 11) is 1.85. The van der Waals surface area contributed by atoms with E-state index in [1.807, 2.05) is 19.3 Å². The molecule has 3 rings (SSSR count). The predicted molar refractivity (Wildman–Crippen MR) is 59.6 cm³/mol. The molecule has 0 amide bonds. The van der Waals surface area contributed by atoms with E-state index < -0.39 is 0 Å². The Balaban J connectivity index is 2.25. The molecule has 0 saturated carbocycles. The highest BCUT2D eigenvalue weighted by molar-refractivity contribution is 5.71. The van der Waals surface area contributed by atoms with Crippen LogP contribution in [0.4, 0.5) is 5.69 Å². The summed E-state index contributed by atoms with van der Waals surface area (Å²) in [5, 5.41) is 8.23.